The number of carbonyl (C=O) groups excluding carboxylic acids is 1. The predicted octanol–water partition coefficient (Wildman–Crippen LogP) is 2.58. The molecule has 164 valence electrons. The number of amides is 1. The van der Waals surface area contributed by atoms with Crippen molar-refractivity contribution in [3.63, 3.8) is 0 Å². The van der Waals surface area contributed by atoms with Crippen LogP contribution in [-0.2, 0) is 14.2 Å². The second-order valence-electron chi connectivity index (χ2n) is 7.95. The minimum absolute atomic E-state index is 0.0585. The lowest BCUT2D eigenvalue weighted by Gasteiger charge is -2.26. The van der Waals surface area contributed by atoms with E-state index in [-0.39, 0.29) is 18.2 Å². The Balaban J connectivity index is 1.24. The first-order chi connectivity index (χ1) is 14.6. The van der Waals surface area contributed by atoms with Gasteiger partial charge in [0.15, 0.2) is 11.2 Å². The average molecular weight is 436 g/mol. The van der Waals surface area contributed by atoms with E-state index < -0.39 is 12.2 Å². The molecule has 4 rings (SSSR count). The van der Waals surface area contributed by atoms with Gasteiger partial charge in [0.05, 0.1) is 26.4 Å². The Labute approximate surface area is 182 Å². The summed E-state index contributed by atoms with van der Waals surface area (Å²) in [6.07, 6.45) is 4.62. The monoisotopic (exact) mass is 435 g/mol. The van der Waals surface area contributed by atoms with E-state index in [9.17, 15) is 4.79 Å². The third-order valence-electron chi connectivity index (χ3n) is 5.86. The van der Waals surface area contributed by atoms with E-state index >= 15 is 0 Å². The van der Waals surface area contributed by atoms with Crippen molar-refractivity contribution in [1.29, 1.82) is 0 Å². The number of methoxy groups -OCH3 is 1. The van der Waals surface area contributed by atoms with Gasteiger partial charge in [0.2, 0.25) is 0 Å². The van der Waals surface area contributed by atoms with Crippen LogP contribution in [-0.4, -0.2) is 61.9 Å². The Morgan fingerprint density at radius 1 is 1.03 bits per heavy atom. The summed E-state index contributed by atoms with van der Waals surface area (Å²) < 4.78 is 22.4. The molecule has 0 spiro atoms. The van der Waals surface area contributed by atoms with Gasteiger partial charge in [-0.25, -0.2) is 4.79 Å². The van der Waals surface area contributed by atoms with Gasteiger partial charge in [-0.2, -0.15) is 0 Å². The first kappa shape index (κ1) is 21.1. The van der Waals surface area contributed by atoms with E-state index in [4.69, 9.17) is 31.2 Å². The lowest BCUT2D eigenvalue weighted by atomic mass is 9.96. The van der Waals surface area contributed by atoms with Crippen LogP contribution in [0.1, 0.15) is 32.1 Å². The van der Waals surface area contributed by atoms with Gasteiger partial charge in [-0.3, -0.25) is 5.32 Å². The fraction of sp³-hybridized carbons (Fsp3) is 0.619. The van der Waals surface area contributed by atoms with E-state index in [0.29, 0.717) is 30.1 Å². The highest BCUT2D eigenvalue weighted by Gasteiger charge is 2.49. The van der Waals surface area contributed by atoms with Gasteiger partial charge in [-0.05, 0) is 49.3 Å². The van der Waals surface area contributed by atoms with Crippen LogP contribution < -0.4 is 20.7 Å². The molecule has 30 heavy (non-hydrogen) atoms. The highest BCUT2D eigenvalue weighted by Crippen LogP contribution is 2.29. The third-order valence-corrected chi connectivity index (χ3v) is 6.10. The van der Waals surface area contributed by atoms with Crippen molar-refractivity contribution >= 4 is 29.1 Å². The predicted molar refractivity (Wildman–Crippen MR) is 116 cm³/mol. The Bertz CT molecular complexity index is 741. The van der Waals surface area contributed by atoms with E-state index in [1.807, 2.05) is 0 Å². The molecular weight excluding hydrogens is 406 g/mol. The van der Waals surface area contributed by atoms with Crippen LogP contribution >= 0.6 is 12.2 Å². The van der Waals surface area contributed by atoms with Crippen molar-refractivity contribution < 1.29 is 23.7 Å². The summed E-state index contributed by atoms with van der Waals surface area (Å²) in [5.74, 6) is 0.717. The first-order valence-corrected chi connectivity index (χ1v) is 10.9. The number of hydrogen-bond acceptors (Lipinski definition) is 6. The number of carbonyl (C=O) groups is 1. The van der Waals surface area contributed by atoms with Crippen LogP contribution in [0.5, 0.6) is 5.75 Å². The van der Waals surface area contributed by atoms with E-state index in [1.165, 1.54) is 19.3 Å². The van der Waals surface area contributed by atoms with Crippen molar-refractivity contribution in [3.8, 4) is 5.75 Å². The van der Waals surface area contributed by atoms with E-state index in [0.717, 1.165) is 18.6 Å². The lowest BCUT2D eigenvalue weighted by Crippen LogP contribution is -2.50. The molecule has 1 aromatic rings. The molecule has 9 heteroatoms. The molecule has 3 N–H and O–H groups in total. The average Bonchev–Trinajstić information content (AvgIpc) is 3.33. The minimum atomic E-state index is -0.538. The first-order valence-electron chi connectivity index (χ1n) is 10.5. The van der Waals surface area contributed by atoms with Crippen LogP contribution in [0.3, 0.4) is 0 Å². The maximum Gasteiger partial charge on any atom is 0.412 e. The zero-order valence-electron chi connectivity index (χ0n) is 17.1. The highest BCUT2D eigenvalue weighted by molar-refractivity contribution is 7.80. The zero-order valence-corrected chi connectivity index (χ0v) is 17.9. The number of hydrogen-bond donors (Lipinski definition) is 3. The molecule has 4 unspecified atom stereocenters. The SMILES string of the molecule is COc1ccc(NC(=O)OC2COC3C(NC(=S)NC4CCCCC4)COC23)cc1. The molecule has 1 aromatic carbocycles. The Morgan fingerprint density at radius 3 is 2.50 bits per heavy atom. The van der Waals surface area contributed by atoms with Crippen molar-refractivity contribution in [1.82, 2.24) is 10.6 Å². The summed E-state index contributed by atoms with van der Waals surface area (Å²) in [5.41, 5.74) is 0.627. The van der Waals surface area contributed by atoms with Gasteiger partial charge < -0.3 is 29.6 Å². The molecule has 2 heterocycles. The number of anilines is 1. The maximum atomic E-state index is 12.3. The fourth-order valence-corrected chi connectivity index (χ4v) is 4.61. The number of thiocarbonyl (C=S) groups is 1. The van der Waals surface area contributed by atoms with Crippen molar-refractivity contribution in [2.75, 3.05) is 25.6 Å². The van der Waals surface area contributed by atoms with Gasteiger partial charge in [0.1, 0.15) is 18.0 Å². The number of rotatable bonds is 5. The van der Waals surface area contributed by atoms with Crippen molar-refractivity contribution in [2.24, 2.45) is 0 Å². The Hall–Kier alpha value is -2.10. The largest absolute Gasteiger partial charge is 0.497 e. The molecule has 3 fully saturated rings. The summed E-state index contributed by atoms with van der Waals surface area (Å²) in [6.45, 7) is 0.758. The molecule has 2 saturated heterocycles. The van der Waals surface area contributed by atoms with Gasteiger partial charge >= 0.3 is 6.09 Å². The molecule has 0 bridgehead atoms. The van der Waals surface area contributed by atoms with Crippen LogP contribution in [0.2, 0.25) is 0 Å². The van der Waals surface area contributed by atoms with E-state index in [1.54, 1.807) is 31.4 Å². The zero-order chi connectivity index (χ0) is 20.9. The van der Waals surface area contributed by atoms with Crippen LogP contribution in [0, 0.1) is 0 Å². The number of ether oxygens (including phenoxy) is 4. The molecule has 3 aliphatic rings. The summed E-state index contributed by atoms with van der Waals surface area (Å²) >= 11 is 5.48. The van der Waals surface area contributed by atoms with Crippen LogP contribution in [0.25, 0.3) is 0 Å². The van der Waals surface area contributed by atoms with Gasteiger partial charge in [-0.1, -0.05) is 19.3 Å². The van der Waals surface area contributed by atoms with Gasteiger partial charge in [0.25, 0.3) is 0 Å². The van der Waals surface area contributed by atoms with Crippen molar-refractivity contribution in [3.05, 3.63) is 24.3 Å². The standard InChI is InChI=1S/C21H29N3O5S/c1-26-15-9-7-14(8-10-15)23-21(25)29-17-12-28-18-16(11-27-19(17)18)24-20(30)22-13-5-3-2-4-6-13/h7-10,13,16-19H,2-6,11-12H2,1H3,(H,23,25)(H2,22,24,30). The Kier molecular flexibility index (Phi) is 6.91. The van der Waals surface area contributed by atoms with E-state index in [2.05, 4.69) is 16.0 Å². The maximum absolute atomic E-state index is 12.3. The van der Waals surface area contributed by atoms with Crippen LogP contribution in [0.15, 0.2) is 24.3 Å². The lowest BCUT2D eigenvalue weighted by molar-refractivity contribution is 0.00879. The van der Waals surface area contributed by atoms with Crippen LogP contribution in [0.4, 0.5) is 10.5 Å². The fourth-order valence-electron chi connectivity index (χ4n) is 4.29. The molecule has 1 aliphatic carbocycles. The molecule has 2 aliphatic heterocycles. The summed E-state index contributed by atoms with van der Waals surface area (Å²) in [5, 5.41) is 10.1. The molecular formula is C21H29N3O5S. The van der Waals surface area contributed by atoms with Crippen molar-refractivity contribution in [2.45, 2.75) is 62.5 Å². The van der Waals surface area contributed by atoms with Gasteiger partial charge in [-0.15, -0.1) is 0 Å². The molecule has 0 radical (unpaired) electrons. The second kappa shape index (κ2) is 9.80. The number of benzene rings is 1. The smallest absolute Gasteiger partial charge is 0.412 e. The summed E-state index contributed by atoms with van der Waals surface area (Å²) in [6, 6.07) is 7.42. The quantitative estimate of drug-likeness (QED) is 0.608. The second-order valence-corrected chi connectivity index (χ2v) is 8.36. The van der Waals surface area contributed by atoms with Gasteiger partial charge in [0, 0.05) is 11.7 Å². The topological polar surface area (TPSA) is 90.1 Å². The molecule has 8 nitrogen and oxygen atoms in total. The normalized spacial score (nSPS) is 28.4. The third kappa shape index (κ3) is 5.14. The number of fused-ring (bicyclic) bond motifs is 1. The summed E-state index contributed by atoms with van der Waals surface area (Å²) in [4.78, 5) is 12.3. The molecule has 0 aromatic heterocycles. The molecule has 4 atom stereocenters. The highest BCUT2D eigenvalue weighted by atomic mass is 32.1. The summed E-state index contributed by atoms with van der Waals surface area (Å²) in [7, 11) is 1.59. The number of nitrogens with one attached hydrogen (secondary N) is 3. The molecule has 1 saturated carbocycles. The molecule has 1 amide bonds. The minimum Gasteiger partial charge on any atom is -0.497 e. The Morgan fingerprint density at radius 2 is 1.77 bits per heavy atom.